The molecule has 0 aliphatic carbocycles. The number of nitrogens with two attached hydrogens (primary N) is 1. The third kappa shape index (κ3) is 9.37. The van der Waals surface area contributed by atoms with Crippen molar-refractivity contribution in [1.29, 1.82) is 0 Å². The minimum Gasteiger partial charge on any atom is -0.461 e. The number of ether oxygens (including phenoxy) is 1. The summed E-state index contributed by atoms with van der Waals surface area (Å²) in [6.07, 6.45) is 0.369. The Hall–Kier alpha value is -0.530. The quantitative estimate of drug-likeness (QED) is 0.499. The van der Waals surface area contributed by atoms with Crippen molar-refractivity contribution in [2.75, 3.05) is 13.2 Å². The fourth-order valence-electron chi connectivity index (χ4n) is 1.62. The first-order valence-electron chi connectivity index (χ1n) is 6.67. The molecule has 0 saturated heterocycles. The van der Waals surface area contributed by atoms with E-state index in [-0.39, 0.29) is 25.5 Å². The Labute approximate surface area is 157 Å². The van der Waals surface area contributed by atoms with Gasteiger partial charge in [-0.25, -0.2) is 0 Å². The van der Waals surface area contributed by atoms with Crippen molar-refractivity contribution < 1.29 is 14.3 Å². The van der Waals surface area contributed by atoms with Crippen LogP contribution in [-0.4, -0.2) is 34.9 Å². The van der Waals surface area contributed by atoms with E-state index in [1.165, 1.54) is 0 Å². The van der Waals surface area contributed by atoms with Gasteiger partial charge in [0.05, 0.1) is 12.5 Å². The number of carbonyl (C=O) groups is 2. The van der Waals surface area contributed by atoms with Gasteiger partial charge in [0.25, 0.3) is 0 Å². The van der Waals surface area contributed by atoms with Crippen LogP contribution in [0.5, 0.6) is 0 Å². The van der Waals surface area contributed by atoms with E-state index in [0.29, 0.717) is 6.42 Å². The van der Waals surface area contributed by atoms with Gasteiger partial charge in [-0.3, -0.25) is 9.59 Å². The molecule has 0 aliphatic heterocycles. The zero-order valence-corrected chi connectivity index (χ0v) is 15.9. The van der Waals surface area contributed by atoms with Gasteiger partial charge >= 0.3 is 5.97 Å². The molecule has 128 valence electrons. The molecule has 1 aromatic carbocycles. The number of nitrogens with one attached hydrogen (secondary N) is 1. The molecular weight excluding hydrogens is 430 g/mol. The van der Waals surface area contributed by atoms with Crippen molar-refractivity contribution in [3.63, 3.8) is 0 Å². The lowest BCUT2D eigenvalue weighted by Crippen LogP contribution is -2.42. The van der Waals surface area contributed by atoms with Gasteiger partial charge in [-0.2, -0.15) is 0 Å². The molecule has 1 aromatic rings. The summed E-state index contributed by atoms with van der Waals surface area (Å²) in [5.74, 6) is -0.916. The van der Waals surface area contributed by atoms with Gasteiger partial charge in [0.2, 0.25) is 9.70 Å². The zero-order chi connectivity index (χ0) is 17.5. The van der Waals surface area contributed by atoms with Gasteiger partial charge in [0, 0.05) is 11.0 Å². The summed E-state index contributed by atoms with van der Waals surface area (Å²) in [7, 11) is 0. The Morgan fingerprint density at radius 1 is 1.26 bits per heavy atom. The molecule has 23 heavy (non-hydrogen) atoms. The second-order valence-electron chi connectivity index (χ2n) is 4.75. The third-order valence-electron chi connectivity index (χ3n) is 2.73. The minimum absolute atomic E-state index is 0.0303. The van der Waals surface area contributed by atoms with E-state index in [0.717, 1.165) is 10.0 Å². The van der Waals surface area contributed by atoms with Crippen molar-refractivity contribution in [3.05, 3.63) is 34.3 Å². The van der Waals surface area contributed by atoms with Crippen molar-refractivity contribution in [3.8, 4) is 0 Å². The van der Waals surface area contributed by atoms with E-state index in [2.05, 4.69) is 21.2 Å². The maximum Gasteiger partial charge on any atom is 0.307 e. The average molecular weight is 447 g/mol. The molecule has 0 radical (unpaired) electrons. The van der Waals surface area contributed by atoms with Gasteiger partial charge in [-0.1, -0.05) is 62.9 Å². The topological polar surface area (TPSA) is 81.4 Å². The summed E-state index contributed by atoms with van der Waals surface area (Å²) in [5, 5.41) is 2.57. The predicted octanol–water partition coefficient (Wildman–Crippen LogP) is 2.74. The largest absolute Gasteiger partial charge is 0.461 e. The monoisotopic (exact) mass is 444 g/mol. The molecule has 1 amide bonds. The number of carbonyl (C=O) groups excluding carboxylic acids is 2. The van der Waals surface area contributed by atoms with E-state index in [9.17, 15) is 9.59 Å². The maximum atomic E-state index is 11.9. The van der Waals surface area contributed by atoms with Crippen LogP contribution in [0.15, 0.2) is 28.7 Å². The number of alkyl halides is 3. The SMILES string of the molecule is N[C@@H](Cc1ccc(Br)cc1)C(=O)NCCC(=O)OCC(Cl)(Cl)Cl. The van der Waals surface area contributed by atoms with Gasteiger partial charge in [0.15, 0.2) is 0 Å². The molecule has 0 unspecified atom stereocenters. The fraction of sp³-hybridized carbons (Fsp3) is 0.429. The molecular formula is C14H16BrCl3N2O3. The van der Waals surface area contributed by atoms with Gasteiger partial charge in [0.1, 0.15) is 6.61 Å². The number of benzene rings is 1. The first-order chi connectivity index (χ1) is 10.7. The van der Waals surface area contributed by atoms with Crippen molar-refractivity contribution in [2.24, 2.45) is 5.73 Å². The normalized spacial score (nSPS) is 12.6. The van der Waals surface area contributed by atoms with Crippen LogP contribution in [-0.2, 0) is 20.7 Å². The molecule has 5 nitrogen and oxygen atoms in total. The Morgan fingerprint density at radius 3 is 2.43 bits per heavy atom. The highest BCUT2D eigenvalue weighted by Crippen LogP contribution is 2.25. The van der Waals surface area contributed by atoms with Gasteiger partial charge in [-0.05, 0) is 24.1 Å². The highest BCUT2D eigenvalue weighted by atomic mass is 79.9. The number of hydrogen-bond donors (Lipinski definition) is 2. The van der Waals surface area contributed by atoms with E-state index in [1.54, 1.807) is 0 Å². The van der Waals surface area contributed by atoms with Crippen LogP contribution in [0.25, 0.3) is 0 Å². The molecule has 9 heteroatoms. The first kappa shape index (κ1) is 20.5. The highest BCUT2D eigenvalue weighted by molar-refractivity contribution is 9.10. The third-order valence-corrected chi connectivity index (χ3v) is 3.59. The fourth-order valence-corrected chi connectivity index (χ4v) is 2.05. The lowest BCUT2D eigenvalue weighted by atomic mass is 10.1. The Balaban J connectivity index is 2.27. The van der Waals surface area contributed by atoms with Crippen LogP contribution in [0.4, 0.5) is 0 Å². The second-order valence-corrected chi connectivity index (χ2v) is 8.19. The molecule has 0 spiro atoms. The predicted molar refractivity (Wildman–Crippen MR) is 94.7 cm³/mol. The first-order valence-corrected chi connectivity index (χ1v) is 8.60. The van der Waals surface area contributed by atoms with Crippen molar-refractivity contribution >= 4 is 62.6 Å². The Bertz CT molecular complexity index is 535. The lowest BCUT2D eigenvalue weighted by molar-refractivity contribution is -0.143. The number of rotatable bonds is 7. The number of halogens is 4. The van der Waals surface area contributed by atoms with Crippen LogP contribution >= 0.6 is 50.7 Å². The molecule has 1 atom stereocenters. The van der Waals surface area contributed by atoms with Crippen molar-refractivity contribution in [2.45, 2.75) is 22.7 Å². The number of esters is 1. The molecule has 0 fully saturated rings. The molecule has 0 bridgehead atoms. The Kier molecular flexibility index (Phi) is 8.64. The smallest absolute Gasteiger partial charge is 0.307 e. The summed E-state index contributed by atoms with van der Waals surface area (Å²) in [4.78, 5) is 23.2. The van der Waals surface area contributed by atoms with Crippen LogP contribution in [0.2, 0.25) is 0 Å². The maximum absolute atomic E-state index is 11.9. The highest BCUT2D eigenvalue weighted by Gasteiger charge is 2.22. The van der Waals surface area contributed by atoms with Crippen LogP contribution < -0.4 is 11.1 Å². The summed E-state index contributed by atoms with van der Waals surface area (Å²) < 4.78 is 4.04. The van der Waals surface area contributed by atoms with Crippen LogP contribution in [0.3, 0.4) is 0 Å². The second kappa shape index (κ2) is 9.69. The zero-order valence-electron chi connectivity index (χ0n) is 12.0. The van der Waals surface area contributed by atoms with Gasteiger partial charge < -0.3 is 15.8 Å². The average Bonchev–Trinajstić information content (AvgIpc) is 2.46. The van der Waals surface area contributed by atoms with Gasteiger partial charge in [-0.15, -0.1) is 0 Å². The molecule has 0 saturated carbocycles. The van der Waals surface area contributed by atoms with Crippen LogP contribution in [0.1, 0.15) is 12.0 Å². The molecule has 3 N–H and O–H groups in total. The molecule has 0 aliphatic rings. The number of amides is 1. The summed E-state index contributed by atoms with van der Waals surface area (Å²) in [5.41, 5.74) is 6.77. The molecule has 0 heterocycles. The summed E-state index contributed by atoms with van der Waals surface area (Å²) in [6.45, 7) is -0.237. The van der Waals surface area contributed by atoms with Crippen LogP contribution in [0, 0.1) is 0 Å². The molecule has 1 rings (SSSR count). The lowest BCUT2D eigenvalue weighted by Gasteiger charge is -2.13. The van der Waals surface area contributed by atoms with E-state index in [4.69, 9.17) is 45.3 Å². The number of hydrogen-bond acceptors (Lipinski definition) is 4. The van der Waals surface area contributed by atoms with E-state index >= 15 is 0 Å². The van der Waals surface area contributed by atoms with E-state index in [1.807, 2.05) is 24.3 Å². The molecule has 0 aromatic heterocycles. The standard InChI is InChI=1S/C14H16BrCl3N2O3/c15-10-3-1-9(2-4-10)7-11(19)13(22)20-6-5-12(21)23-8-14(16,17)18/h1-4,11H,5-8,19H2,(H,20,22)/t11-/m0/s1. The summed E-state index contributed by atoms with van der Waals surface area (Å²) >= 11 is 19.7. The van der Waals surface area contributed by atoms with Crippen molar-refractivity contribution in [1.82, 2.24) is 5.32 Å². The summed E-state index contributed by atoms with van der Waals surface area (Å²) in [6, 6.07) is 6.81. The minimum atomic E-state index is -1.65. The van der Waals surface area contributed by atoms with E-state index < -0.39 is 15.8 Å². The Morgan fingerprint density at radius 2 is 1.87 bits per heavy atom.